The van der Waals surface area contributed by atoms with Crippen molar-refractivity contribution in [3.63, 3.8) is 0 Å². The molecule has 4 nitrogen and oxygen atoms in total. The molecule has 1 aromatic carbocycles. The molecular formula is C18H22ClN3O. The van der Waals surface area contributed by atoms with Crippen LogP contribution in [0.5, 0.6) is 0 Å². The summed E-state index contributed by atoms with van der Waals surface area (Å²) in [4.78, 5) is 14.1. The molecule has 0 spiro atoms. The van der Waals surface area contributed by atoms with E-state index in [1.807, 2.05) is 37.5 Å². The molecule has 0 aliphatic heterocycles. The van der Waals surface area contributed by atoms with Gasteiger partial charge in [0.2, 0.25) is 0 Å². The number of hydrogen-bond acceptors (Lipinski definition) is 4. The number of allylic oxidation sites excluding steroid dienone is 1. The number of benzene rings is 1. The monoisotopic (exact) mass is 331 g/mol. The number of halogens is 1. The predicted molar refractivity (Wildman–Crippen MR) is 96.5 cm³/mol. The van der Waals surface area contributed by atoms with Gasteiger partial charge in [0, 0.05) is 41.8 Å². The first-order valence-corrected chi connectivity index (χ1v) is 7.71. The summed E-state index contributed by atoms with van der Waals surface area (Å²) in [5, 5.41) is 6.84. The fourth-order valence-corrected chi connectivity index (χ4v) is 1.87. The predicted octanol–water partition coefficient (Wildman–Crippen LogP) is 4.05. The highest BCUT2D eigenvalue weighted by molar-refractivity contribution is 6.30. The first-order chi connectivity index (χ1) is 11.2. The Bertz CT molecular complexity index is 585. The topological polar surface area (TPSA) is 54.0 Å². The minimum atomic E-state index is 0.499. The van der Waals surface area contributed by atoms with Crippen molar-refractivity contribution < 1.29 is 4.79 Å². The lowest BCUT2D eigenvalue weighted by atomic mass is 10.2. The highest BCUT2D eigenvalue weighted by Crippen LogP contribution is 2.15. The van der Waals surface area contributed by atoms with Gasteiger partial charge in [-0.1, -0.05) is 24.2 Å². The molecule has 0 fully saturated rings. The number of pyridine rings is 1. The molecule has 0 aliphatic carbocycles. The molecule has 0 radical (unpaired) electrons. The summed E-state index contributed by atoms with van der Waals surface area (Å²) < 4.78 is 0. The molecule has 23 heavy (non-hydrogen) atoms. The normalized spacial score (nSPS) is 9.48. The van der Waals surface area contributed by atoms with Crippen molar-refractivity contribution >= 4 is 23.6 Å². The van der Waals surface area contributed by atoms with Gasteiger partial charge in [-0.05, 0) is 49.4 Å². The number of aldehydes is 1. The third-order valence-electron chi connectivity index (χ3n) is 2.83. The van der Waals surface area contributed by atoms with E-state index in [9.17, 15) is 4.79 Å². The fraction of sp³-hybridized carbons (Fsp3) is 0.222. The highest BCUT2D eigenvalue weighted by Gasteiger charge is 1.95. The van der Waals surface area contributed by atoms with Crippen molar-refractivity contribution in [3.8, 4) is 0 Å². The second kappa shape index (κ2) is 11.4. The molecule has 2 rings (SSSR count). The second-order valence-electron chi connectivity index (χ2n) is 4.83. The van der Waals surface area contributed by atoms with Crippen LogP contribution in [0.15, 0.2) is 61.1 Å². The summed E-state index contributed by atoms with van der Waals surface area (Å²) in [5.74, 6) is 0. The summed E-state index contributed by atoms with van der Waals surface area (Å²) in [6.45, 7) is 4.70. The van der Waals surface area contributed by atoms with Gasteiger partial charge < -0.3 is 15.4 Å². The number of hydrogen-bond donors (Lipinski definition) is 2. The molecule has 0 saturated heterocycles. The van der Waals surface area contributed by atoms with Crippen LogP contribution in [0.3, 0.4) is 0 Å². The Balaban J connectivity index is 0.000000253. The lowest BCUT2D eigenvalue weighted by Gasteiger charge is -2.07. The zero-order chi connectivity index (χ0) is 16.9. The third kappa shape index (κ3) is 8.76. The van der Waals surface area contributed by atoms with E-state index in [-0.39, 0.29) is 0 Å². The van der Waals surface area contributed by atoms with Gasteiger partial charge in [-0.2, -0.15) is 0 Å². The Morgan fingerprint density at radius 2 is 2.04 bits per heavy atom. The Morgan fingerprint density at radius 3 is 2.61 bits per heavy atom. The Labute approximate surface area is 142 Å². The van der Waals surface area contributed by atoms with Gasteiger partial charge in [0.1, 0.15) is 6.29 Å². The lowest BCUT2D eigenvalue weighted by molar-refractivity contribution is -0.107. The minimum Gasteiger partial charge on any atom is -0.359 e. The molecule has 1 heterocycles. The summed E-state index contributed by atoms with van der Waals surface area (Å²) in [6, 6.07) is 11.3. The average Bonchev–Trinajstić information content (AvgIpc) is 2.57. The van der Waals surface area contributed by atoms with E-state index in [4.69, 9.17) is 11.6 Å². The number of anilines is 1. The number of aromatic nitrogens is 1. The van der Waals surface area contributed by atoms with Gasteiger partial charge in [-0.25, -0.2) is 0 Å². The Hall–Kier alpha value is -2.17. The van der Waals surface area contributed by atoms with Crippen molar-refractivity contribution in [1.29, 1.82) is 0 Å². The Morgan fingerprint density at radius 1 is 1.30 bits per heavy atom. The number of nitrogens with one attached hydrogen (secondary N) is 2. The van der Waals surface area contributed by atoms with Crippen LogP contribution >= 0.6 is 11.6 Å². The van der Waals surface area contributed by atoms with E-state index in [1.54, 1.807) is 18.3 Å². The molecule has 1 aromatic heterocycles. The van der Waals surface area contributed by atoms with E-state index in [1.165, 1.54) is 5.56 Å². The van der Waals surface area contributed by atoms with Gasteiger partial charge >= 0.3 is 0 Å². The SMILES string of the molecule is C=C(CCC=O)Nc1ccc(Cl)cc1.CNCc1cccnc1. The highest BCUT2D eigenvalue weighted by atomic mass is 35.5. The quantitative estimate of drug-likeness (QED) is 0.752. The van der Waals surface area contributed by atoms with E-state index in [0.29, 0.717) is 17.9 Å². The Kier molecular flexibility index (Phi) is 9.36. The summed E-state index contributed by atoms with van der Waals surface area (Å²) in [7, 11) is 1.92. The summed E-state index contributed by atoms with van der Waals surface area (Å²) in [5.41, 5.74) is 2.99. The van der Waals surface area contributed by atoms with Crippen LogP contribution in [0.2, 0.25) is 5.02 Å². The van der Waals surface area contributed by atoms with E-state index < -0.39 is 0 Å². The number of carbonyl (C=O) groups is 1. The zero-order valence-corrected chi connectivity index (χ0v) is 14.0. The smallest absolute Gasteiger partial charge is 0.120 e. The van der Waals surface area contributed by atoms with Crippen LogP contribution in [0.1, 0.15) is 18.4 Å². The van der Waals surface area contributed by atoms with Crippen LogP contribution in [0.25, 0.3) is 0 Å². The average molecular weight is 332 g/mol. The number of nitrogens with zero attached hydrogens (tertiary/aromatic N) is 1. The van der Waals surface area contributed by atoms with Crippen molar-refractivity contribution in [3.05, 3.63) is 71.7 Å². The molecule has 0 aliphatic rings. The van der Waals surface area contributed by atoms with Gasteiger partial charge in [-0.15, -0.1) is 0 Å². The number of carbonyl (C=O) groups excluding carboxylic acids is 1. The first kappa shape index (κ1) is 18.9. The van der Waals surface area contributed by atoms with Crippen molar-refractivity contribution in [1.82, 2.24) is 10.3 Å². The molecule has 0 bridgehead atoms. The second-order valence-corrected chi connectivity index (χ2v) is 5.27. The largest absolute Gasteiger partial charge is 0.359 e. The summed E-state index contributed by atoms with van der Waals surface area (Å²) >= 11 is 5.74. The molecular weight excluding hydrogens is 310 g/mol. The molecule has 0 atom stereocenters. The van der Waals surface area contributed by atoms with E-state index in [2.05, 4.69) is 22.2 Å². The van der Waals surface area contributed by atoms with Crippen LogP contribution < -0.4 is 10.6 Å². The maximum atomic E-state index is 10.1. The van der Waals surface area contributed by atoms with E-state index in [0.717, 1.165) is 24.2 Å². The van der Waals surface area contributed by atoms with Gasteiger partial charge in [0.15, 0.2) is 0 Å². The van der Waals surface area contributed by atoms with Gasteiger partial charge in [0.05, 0.1) is 0 Å². The zero-order valence-electron chi connectivity index (χ0n) is 13.3. The maximum Gasteiger partial charge on any atom is 0.120 e. The van der Waals surface area contributed by atoms with Crippen LogP contribution in [0, 0.1) is 0 Å². The molecule has 0 unspecified atom stereocenters. The fourth-order valence-electron chi connectivity index (χ4n) is 1.74. The molecule has 2 aromatic rings. The van der Waals surface area contributed by atoms with Crippen LogP contribution in [0.4, 0.5) is 5.69 Å². The van der Waals surface area contributed by atoms with Gasteiger partial charge in [-0.3, -0.25) is 4.98 Å². The van der Waals surface area contributed by atoms with Crippen molar-refractivity contribution in [2.45, 2.75) is 19.4 Å². The van der Waals surface area contributed by atoms with Crippen molar-refractivity contribution in [2.75, 3.05) is 12.4 Å². The maximum absolute atomic E-state index is 10.1. The van der Waals surface area contributed by atoms with E-state index >= 15 is 0 Å². The number of rotatable bonds is 7. The minimum absolute atomic E-state index is 0.499. The lowest BCUT2D eigenvalue weighted by Crippen LogP contribution is -2.04. The molecule has 5 heteroatoms. The third-order valence-corrected chi connectivity index (χ3v) is 3.08. The molecule has 2 N–H and O–H groups in total. The molecule has 0 saturated carbocycles. The summed E-state index contributed by atoms with van der Waals surface area (Å²) in [6.07, 6.45) is 5.68. The van der Waals surface area contributed by atoms with Crippen molar-refractivity contribution in [2.24, 2.45) is 0 Å². The van der Waals surface area contributed by atoms with Crippen LogP contribution in [-0.4, -0.2) is 18.3 Å². The first-order valence-electron chi connectivity index (χ1n) is 7.33. The van der Waals surface area contributed by atoms with Gasteiger partial charge in [0.25, 0.3) is 0 Å². The standard InChI is InChI=1S/C11H12ClNO.C7H10N2/c1-9(3-2-8-14)13-11-6-4-10(12)5-7-11;1-8-5-7-3-2-4-9-6-7/h4-8,13H,1-3H2;2-4,6,8H,5H2,1H3. The van der Waals surface area contributed by atoms with Crippen LogP contribution in [-0.2, 0) is 11.3 Å². The molecule has 0 amide bonds. The molecule has 122 valence electrons.